The van der Waals surface area contributed by atoms with Crippen LogP contribution >= 0.6 is 11.3 Å². The van der Waals surface area contributed by atoms with E-state index in [4.69, 9.17) is 4.74 Å². The van der Waals surface area contributed by atoms with E-state index in [1.165, 1.54) is 23.6 Å². The average molecular weight is 309 g/mol. The minimum absolute atomic E-state index is 0.128. The van der Waals surface area contributed by atoms with E-state index in [1.54, 1.807) is 13.0 Å². The molecular weight excluding hydrogens is 297 g/mol. The summed E-state index contributed by atoms with van der Waals surface area (Å²) in [6.07, 6.45) is 0. The highest BCUT2D eigenvalue weighted by Gasteiger charge is 2.13. The first-order valence-corrected chi connectivity index (χ1v) is 6.92. The van der Waals surface area contributed by atoms with E-state index in [1.807, 2.05) is 0 Å². The summed E-state index contributed by atoms with van der Waals surface area (Å²) in [4.78, 5) is 27.1. The molecule has 0 unspecified atom stereocenters. The third-order valence-corrected chi connectivity index (χ3v) is 3.05. The molecule has 0 radical (unpaired) electrons. The van der Waals surface area contributed by atoms with Gasteiger partial charge in [-0.25, -0.2) is 19.0 Å². The van der Waals surface area contributed by atoms with Gasteiger partial charge < -0.3 is 10.1 Å². The highest BCUT2D eigenvalue weighted by Crippen LogP contribution is 2.17. The number of hydrogen-bond donors (Lipinski definition) is 2. The van der Waals surface area contributed by atoms with E-state index in [-0.39, 0.29) is 17.4 Å². The quantitative estimate of drug-likeness (QED) is 0.850. The summed E-state index contributed by atoms with van der Waals surface area (Å²) < 4.78 is 17.8. The zero-order valence-corrected chi connectivity index (χ0v) is 11.9. The number of rotatable bonds is 4. The Hall–Kier alpha value is -2.48. The van der Waals surface area contributed by atoms with Gasteiger partial charge in [0.1, 0.15) is 5.82 Å². The SMILES string of the molecule is CCOC(=O)c1csc(NC(=O)Nc2cccc(F)c2)n1. The number of ether oxygens (including phenoxy) is 1. The zero-order valence-electron chi connectivity index (χ0n) is 11.1. The van der Waals surface area contributed by atoms with Gasteiger partial charge in [-0.1, -0.05) is 6.07 Å². The Kier molecular flexibility index (Phi) is 4.83. The zero-order chi connectivity index (χ0) is 15.2. The molecule has 0 bridgehead atoms. The molecule has 0 saturated carbocycles. The van der Waals surface area contributed by atoms with Gasteiger partial charge in [0.25, 0.3) is 0 Å². The molecule has 0 atom stereocenters. The van der Waals surface area contributed by atoms with Crippen LogP contribution in [0.1, 0.15) is 17.4 Å². The lowest BCUT2D eigenvalue weighted by molar-refractivity contribution is 0.0520. The van der Waals surface area contributed by atoms with Crippen molar-refractivity contribution in [3.8, 4) is 0 Å². The van der Waals surface area contributed by atoms with Crippen molar-refractivity contribution in [2.45, 2.75) is 6.92 Å². The molecule has 0 aliphatic rings. The lowest BCUT2D eigenvalue weighted by Gasteiger charge is -2.05. The van der Waals surface area contributed by atoms with Crippen LogP contribution in [-0.4, -0.2) is 23.6 Å². The van der Waals surface area contributed by atoms with Crippen molar-refractivity contribution in [2.24, 2.45) is 0 Å². The number of hydrogen-bond acceptors (Lipinski definition) is 5. The van der Waals surface area contributed by atoms with Crippen molar-refractivity contribution in [3.05, 3.63) is 41.2 Å². The number of halogens is 1. The Labute approximate surface area is 124 Å². The molecule has 6 nitrogen and oxygen atoms in total. The number of nitrogens with zero attached hydrogens (tertiary/aromatic N) is 1. The molecule has 1 heterocycles. The molecule has 2 rings (SSSR count). The van der Waals surface area contributed by atoms with Gasteiger partial charge in [-0.15, -0.1) is 11.3 Å². The summed E-state index contributed by atoms with van der Waals surface area (Å²) >= 11 is 1.09. The highest BCUT2D eigenvalue weighted by atomic mass is 32.1. The summed E-state index contributed by atoms with van der Waals surface area (Å²) in [7, 11) is 0. The van der Waals surface area contributed by atoms with E-state index >= 15 is 0 Å². The first-order chi connectivity index (χ1) is 10.1. The van der Waals surface area contributed by atoms with Crippen LogP contribution in [0.4, 0.5) is 20.0 Å². The number of benzene rings is 1. The lowest BCUT2D eigenvalue weighted by atomic mass is 10.3. The number of esters is 1. The first kappa shape index (κ1) is 14.9. The fourth-order valence-corrected chi connectivity index (χ4v) is 2.13. The number of nitrogens with one attached hydrogen (secondary N) is 2. The molecule has 110 valence electrons. The number of carbonyl (C=O) groups excluding carboxylic acids is 2. The Morgan fingerprint density at radius 1 is 1.38 bits per heavy atom. The van der Waals surface area contributed by atoms with Crippen molar-refractivity contribution in [1.82, 2.24) is 4.98 Å². The van der Waals surface area contributed by atoms with E-state index in [0.29, 0.717) is 5.69 Å². The topological polar surface area (TPSA) is 80.3 Å². The van der Waals surface area contributed by atoms with Gasteiger partial charge in [-0.05, 0) is 25.1 Å². The molecule has 1 aromatic heterocycles. The number of aromatic nitrogens is 1. The second kappa shape index (κ2) is 6.80. The molecular formula is C13H12FN3O3S. The summed E-state index contributed by atoms with van der Waals surface area (Å²) in [6.45, 7) is 1.94. The van der Waals surface area contributed by atoms with Crippen LogP contribution < -0.4 is 10.6 Å². The Morgan fingerprint density at radius 3 is 2.90 bits per heavy atom. The monoisotopic (exact) mass is 309 g/mol. The van der Waals surface area contributed by atoms with Crippen LogP contribution in [0.5, 0.6) is 0 Å². The fourth-order valence-electron chi connectivity index (χ4n) is 1.46. The van der Waals surface area contributed by atoms with Crippen molar-refractivity contribution < 1.29 is 18.7 Å². The Morgan fingerprint density at radius 2 is 2.19 bits per heavy atom. The van der Waals surface area contributed by atoms with Crippen LogP contribution in [0.15, 0.2) is 29.6 Å². The predicted molar refractivity (Wildman–Crippen MR) is 77.1 cm³/mol. The summed E-state index contributed by atoms with van der Waals surface area (Å²) in [5, 5.41) is 6.63. The highest BCUT2D eigenvalue weighted by molar-refractivity contribution is 7.14. The maximum atomic E-state index is 13.0. The van der Waals surface area contributed by atoms with Gasteiger partial charge in [0.2, 0.25) is 0 Å². The largest absolute Gasteiger partial charge is 0.461 e. The standard InChI is InChI=1S/C13H12FN3O3S/c1-2-20-11(18)10-7-21-13(16-10)17-12(19)15-9-5-3-4-8(14)6-9/h3-7H,2H2,1H3,(H2,15,16,17,19). The van der Waals surface area contributed by atoms with E-state index in [9.17, 15) is 14.0 Å². The molecule has 0 fully saturated rings. The summed E-state index contributed by atoms with van der Waals surface area (Å²) in [6, 6.07) is 4.91. The smallest absolute Gasteiger partial charge is 0.357 e. The van der Waals surface area contributed by atoms with Gasteiger partial charge >= 0.3 is 12.0 Å². The van der Waals surface area contributed by atoms with Crippen molar-refractivity contribution in [3.63, 3.8) is 0 Å². The molecule has 2 amide bonds. The fraction of sp³-hybridized carbons (Fsp3) is 0.154. The summed E-state index contributed by atoms with van der Waals surface area (Å²) in [5.41, 5.74) is 0.442. The van der Waals surface area contributed by atoms with E-state index in [0.717, 1.165) is 11.3 Å². The van der Waals surface area contributed by atoms with Crippen molar-refractivity contribution in [1.29, 1.82) is 0 Å². The molecule has 2 aromatic rings. The van der Waals surface area contributed by atoms with Gasteiger partial charge in [-0.2, -0.15) is 0 Å². The molecule has 0 saturated heterocycles. The molecule has 0 aliphatic carbocycles. The van der Waals surface area contributed by atoms with Gasteiger partial charge in [0.05, 0.1) is 6.61 Å². The van der Waals surface area contributed by atoms with Gasteiger partial charge in [0, 0.05) is 11.1 Å². The predicted octanol–water partition coefficient (Wildman–Crippen LogP) is 3.10. The van der Waals surface area contributed by atoms with Crippen LogP contribution in [0.25, 0.3) is 0 Å². The number of anilines is 2. The molecule has 2 N–H and O–H groups in total. The van der Waals surface area contributed by atoms with Crippen molar-refractivity contribution in [2.75, 3.05) is 17.2 Å². The maximum absolute atomic E-state index is 13.0. The number of thiazole rings is 1. The molecule has 8 heteroatoms. The van der Waals surface area contributed by atoms with Crippen LogP contribution in [0.2, 0.25) is 0 Å². The van der Waals surface area contributed by atoms with Crippen LogP contribution in [-0.2, 0) is 4.74 Å². The molecule has 1 aromatic carbocycles. The average Bonchev–Trinajstić information content (AvgIpc) is 2.87. The Balaban J connectivity index is 1.95. The van der Waals surface area contributed by atoms with Crippen molar-refractivity contribution >= 4 is 34.2 Å². The van der Waals surface area contributed by atoms with Crippen LogP contribution in [0, 0.1) is 5.82 Å². The second-order valence-corrected chi connectivity index (χ2v) is 4.71. The minimum atomic E-state index is -0.578. The number of urea groups is 1. The number of carbonyl (C=O) groups is 2. The minimum Gasteiger partial charge on any atom is -0.461 e. The van der Waals surface area contributed by atoms with Gasteiger partial charge in [0.15, 0.2) is 10.8 Å². The van der Waals surface area contributed by atoms with E-state index in [2.05, 4.69) is 15.6 Å². The van der Waals surface area contributed by atoms with Gasteiger partial charge in [-0.3, -0.25) is 5.32 Å². The first-order valence-electron chi connectivity index (χ1n) is 6.04. The third kappa shape index (κ3) is 4.25. The second-order valence-electron chi connectivity index (χ2n) is 3.85. The third-order valence-electron chi connectivity index (χ3n) is 2.29. The maximum Gasteiger partial charge on any atom is 0.357 e. The Bertz CT molecular complexity index is 660. The summed E-state index contributed by atoms with van der Waals surface area (Å²) in [5.74, 6) is -1.00. The normalized spacial score (nSPS) is 10.0. The lowest BCUT2D eigenvalue weighted by Crippen LogP contribution is -2.19. The number of amides is 2. The molecule has 0 aliphatic heterocycles. The molecule has 0 spiro atoms. The van der Waals surface area contributed by atoms with E-state index < -0.39 is 17.8 Å². The van der Waals surface area contributed by atoms with Crippen LogP contribution in [0.3, 0.4) is 0 Å². The molecule has 21 heavy (non-hydrogen) atoms.